The number of carbonyl (C=O) groups excluding carboxylic acids is 1. The molecule has 0 spiro atoms. The summed E-state index contributed by atoms with van der Waals surface area (Å²) in [4.78, 5) is 17.5. The van der Waals surface area contributed by atoms with Crippen molar-refractivity contribution in [1.82, 2.24) is 15.6 Å². The Labute approximate surface area is 273 Å². The zero-order valence-corrected chi connectivity index (χ0v) is 26.2. The Morgan fingerprint density at radius 2 is 1.74 bits per heavy atom. The van der Waals surface area contributed by atoms with Gasteiger partial charge in [0.15, 0.2) is 12.6 Å². The second-order valence-corrected chi connectivity index (χ2v) is 12.4. The first-order valence-corrected chi connectivity index (χ1v) is 16.0. The van der Waals surface area contributed by atoms with Crippen molar-refractivity contribution in [2.75, 3.05) is 26.2 Å². The highest BCUT2D eigenvalue weighted by Gasteiger charge is 2.54. The number of ether oxygens (including phenoxy) is 4. The molecule has 0 aromatic carbocycles. The van der Waals surface area contributed by atoms with Crippen molar-refractivity contribution in [1.29, 1.82) is 0 Å². The van der Waals surface area contributed by atoms with Crippen LogP contribution < -0.4 is 39.3 Å². The van der Waals surface area contributed by atoms with Gasteiger partial charge in [-0.25, -0.2) is 0 Å². The molecule has 18 nitrogen and oxygen atoms in total. The third kappa shape index (κ3) is 9.18. The quantitative estimate of drug-likeness (QED) is 0.0875. The molecule has 0 radical (unpaired) electrons. The predicted molar refractivity (Wildman–Crippen MR) is 165 cm³/mol. The molecule has 4 rings (SSSR count). The number of carbonyl (C=O) groups is 1. The smallest absolute Gasteiger partial charge is 0.249 e. The van der Waals surface area contributed by atoms with Crippen LogP contribution in [0.3, 0.4) is 0 Å². The Hall–Kier alpha value is -1.98. The maximum atomic E-state index is 13.2. The summed E-state index contributed by atoms with van der Waals surface area (Å²) in [5, 5.41) is 59.4. The van der Waals surface area contributed by atoms with E-state index >= 15 is 0 Å². The molecule has 0 bridgehead atoms. The Morgan fingerprint density at radius 1 is 1.00 bits per heavy atom. The lowest BCUT2D eigenvalue weighted by molar-refractivity contribution is -0.317. The zero-order valence-electron chi connectivity index (χ0n) is 26.2. The maximum Gasteiger partial charge on any atom is 0.249 e. The lowest BCUT2D eigenvalue weighted by Gasteiger charge is -2.51. The minimum Gasteiger partial charge on any atom is -0.394 e. The molecule has 18 heteroatoms. The molecule has 1 aliphatic carbocycles. The van der Waals surface area contributed by atoms with Gasteiger partial charge in [0.25, 0.3) is 0 Å². The lowest BCUT2D eigenvalue weighted by atomic mass is 9.74. The third-order valence-corrected chi connectivity index (χ3v) is 9.11. The first-order valence-electron chi connectivity index (χ1n) is 16.0. The van der Waals surface area contributed by atoms with Crippen molar-refractivity contribution in [3.63, 3.8) is 0 Å². The Bertz CT molecular complexity index is 1100. The molecule has 3 aliphatic rings. The highest BCUT2D eigenvalue weighted by Crippen LogP contribution is 2.34. The Kier molecular flexibility index (Phi) is 14.2. The number of nitrogens with zero attached hydrogens (tertiary/aromatic N) is 1. The number of nitrogens with two attached hydrogens (primary N) is 5. The SMILES string of the molecule is NCC[C@H](O)C(=O)N[C@@H]1C(CNCc2ccccn2)[C@H](N)C(O[C@@H]2OC(CN)CCC2N)C(O)[C@@H]1O[C@@H]1OC(CO)[C@H](O)[C@H](N)C1O. The summed E-state index contributed by atoms with van der Waals surface area (Å²) in [6.07, 6.45) is -10.00. The van der Waals surface area contributed by atoms with Crippen LogP contribution in [0.1, 0.15) is 25.0 Å². The van der Waals surface area contributed by atoms with Crippen molar-refractivity contribution >= 4 is 5.91 Å². The molecule has 17 N–H and O–H groups in total. The first-order chi connectivity index (χ1) is 22.5. The average molecular weight is 673 g/mol. The van der Waals surface area contributed by atoms with Crippen molar-refractivity contribution in [3.8, 4) is 0 Å². The molecule has 268 valence electrons. The van der Waals surface area contributed by atoms with Crippen LogP contribution in [-0.2, 0) is 30.3 Å². The zero-order chi connectivity index (χ0) is 34.2. The van der Waals surface area contributed by atoms with Gasteiger partial charge in [-0.3, -0.25) is 9.78 Å². The summed E-state index contributed by atoms with van der Waals surface area (Å²) < 4.78 is 24.1. The molecule has 1 amide bonds. The lowest BCUT2D eigenvalue weighted by Crippen LogP contribution is -2.73. The van der Waals surface area contributed by atoms with Crippen molar-refractivity contribution < 1.29 is 49.3 Å². The topological polar surface area (TPSA) is 322 Å². The standard InChI is InChI=1S/C29H52N8O10/c30-7-6-17(39)27(43)37-21-15(11-35-10-13-3-1-2-8-36-13)19(33)25(46-28-16(32)5-4-14(9-31)44-28)24(42)26(21)47-29-23(41)20(34)22(40)18(12-38)45-29/h1-3,8,14-26,28-29,35,38-42H,4-7,9-12,30-34H2,(H,37,43)/t14?,15?,16?,17-,18?,19-,20-,21+,22-,23?,24?,25?,26+,28-,29-/m0/s1. The van der Waals surface area contributed by atoms with Gasteiger partial charge >= 0.3 is 0 Å². The molecule has 3 heterocycles. The number of aliphatic hydroxyl groups is 5. The highest BCUT2D eigenvalue weighted by molar-refractivity contribution is 5.80. The van der Waals surface area contributed by atoms with E-state index in [1.807, 2.05) is 12.1 Å². The van der Waals surface area contributed by atoms with E-state index < -0.39 is 97.9 Å². The van der Waals surface area contributed by atoms with Gasteiger partial charge in [-0.15, -0.1) is 0 Å². The van der Waals surface area contributed by atoms with Crippen LogP contribution in [0.5, 0.6) is 0 Å². The van der Waals surface area contributed by atoms with Crippen LogP contribution in [0.25, 0.3) is 0 Å². The van der Waals surface area contributed by atoms with Crippen LogP contribution in [0, 0.1) is 5.92 Å². The van der Waals surface area contributed by atoms with Crippen molar-refractivity contribution in [3.05, 3.63) is 30.1 Å². The molecule has 3 fully saturated rings. The van der Waals surface area contributed by atoms with E-state index in [9.17, 15) is 30.3 Å². The Balaban J connectivity index is 1.67. The summed E-state index contributed by atoms with van der Waals surface area (Å²) >= 11 is 0. The second-order valence-electron chi connectivity index (χ2n) is 12.4. The number of aromatic nitrogens is 1. The molecular formula is C29H52N8O10. The van der Waals surface area contributed by atoms with Gasteiger partial charge in [0.05, 0.1) is 36.5 Å². The molecule has 15 atom stereocenters. The number of pyridine rings is 1. The molecule has 1 saturated carbocycles. The predicted octanol–water partition coefficient (Wildman–Crippen LogP) is -5.99. The number of hydrogen-bond acceptors (Lipinski definition) is 17. The van der Waals surface area contributed by atoms with Gasteiger partial charge in [-0.1, -0.05) is 6.07 Å². The van der Waals surface area contributed by atoms with Gasteiger partial charge in [0, 0.05) is 37.8 Å². The first kappa shape index (κ1) is 37.8. The molecule has 2 aliphatic heterocycles. The number of aliphatic hydroxyl groups excluding tert-OH is 5. The maximum absolute atomic E-state index is 13.2. The van der Waals surface area contributed by atoms with E-state index in [4.69, 9.17) is 47.6 Å². The van der Waals surface area contributed by atoms with Crippen LogP contribution in [0.4, 0.5) is 0 Å². The monoisotopic (exact) mass is 672 g/mol. The van der Waals surface area contributed by atoms with Gasteiger partial charge in [0.2, 0.25) is 5.91 Å². The van der Waals surface area contributed by atoms with Crippen LogP contribution in [-0.4, -0.2) is 148 Å². The molecule has 1 aromatic heterocycles. The highest BCUT2D eigenvalue weighted by atomic mass is 16.7. The van der Waals surface area contributed by atoms with E-state index in [1.165, 1.54) is 0 Å². The van der Waals surface area contributed by atoms with E-state index in [0.29, 0.717) is 19.4 Å². The largest absolute Gasteiger partial charge is 0.394 e. The molecule has 2 saturated heterocycles. The van der Waals surface area contributed by atoms with E-state index in [2.05, 4.69) is 15.6 Å². The summed E-state index contributed by atoms with van der Waals surface area (Å²) in [5.74, 6) is -1.54. The minimum absolute atomic E-state index is 0.0304. The molecule has 7 unspecified atom stereocenters. The molecular weight excluding hydrogens is 620 g/mol. The second kappa shape index (κ2) is 17.6. The van der Waals surface area contributed by atoms with Crippen LogP contribution in [0.15, 0.2) is 24.4 Å². The third-order valence-electron chi connectivity index (χ3n) is 9.11. The van der Waals surface area contributed by atoms with E-state index in [1.54, 1.807) is 12.3 Å². The van der Waals surface area contributed by atoms with Crippen molar-refractivity contribution in [2.45, 2.75) is 111 Å². The summed E-state index contributed by atoms with van der Waals surface area (Å²) in [6, 6.07) is 1.52. The van der Waals surface area contributed by atoms with Crippen LogP contribution >= 0.6 is 0 Å². The number of amides is 1. The average Bonchev–Trinajstić information content (AvgIpc) is 3.07. The van der Waals surface area contributed by atoms with Crippen LogP contribution in [0.2, 0.25) is 0 Å². The fourth-order valence-corrected chi connectivity index (χ4v) is 6.28. The fourth-order valence-electron chi connectivity index (χ4n) is 6.28. The molecule has 1 aromatic rings. The molecule has 47 heavy (non-hydrogen) atoms. The van der Waals surface area contributed by atoms with E-state index in [0.717, 1.165) is 5.69 Å². The minimum atomic E-state index is -1.60. The Morgan fingerprint density at radius 3 is 2.40 bits per heavy atom. The number of hydrogen-bond donors (Lipinski definition) is 12. The summed E-state index contributed by atoms with van der Waals surface area (Å²) in [6.45, 7) is 0.0749. The van der Waals surface area contributed by atoms with Gasteiger partial charge in [-0.05, 0) is 37.9 Å². The summed E-state index contributed by atoms with van der Waals surface area (Å²) in [7, 11) is 0. The van der Waals surface area contributed by atoms with Gasteiger partial charge in [-0.2, -0.15) is 0 Å². The van der Waals surface area contributed by atoms with Gasteiger partial charge in [0.1, 0.15) is 42.7 Å². The van der Waals surface area contributed by atoms with Gasteiger partial charge < -0.3 is 83.8 Å². The van der Waals surface area contributed by atoms with E-state index in [-0.39, 0.29) is 32.2 Å². The number of rotatable bonds is 14. The summed E-state index contributed by atoms with van der Waals surface area (Å²) in [5.41, 5.74) is 31.3. The fraction of sp³-hybridized carbons (Fsp3) is 0.793. The normalized spacial score (nSPS) is 40.1. The number of nitrogens with one attached hydrogen (secondary N) is 2. The van der Waals surface area contributed by atoms with Crippen molar-refractivity contribution in [2.24, 2.45) is 34.6 Å².